The summed E-state index contributed by atoms with van der Waals surface area (Å²) in [5.74, 6) is -7.37. The average molecular weight is 300 g/mol. The number of rotatable bonds is 5. The third kappa shape index (κ3) is 3.39. The highest BCUT2D eigenvalue weighted by Gasteiger charge is 2.64. The first-order valence-electron chi connectivity index (χ1n) is 6.69. The van der Waals surface area contributed by atoms with E-state index in [9.17, 15) is 26.7 Å². The van der Waals surface area contributed by atoms with Gasteiger partial charge < -0.3 is 10.2 Å². The second-order valence-corrected chi connectivity index (χ2v) is 5.52. The number of nitrogens with one attached hydrogen (secondary N) is 1. The minimum Gasteiger partial charge on any atom is -0.335 e. The summed E-state index contributed by atoms with van der Waals surface area (Å²) in [6.07, 6.45) is -2.76. The fraction of sp³-hybridized carbons (Fsp3) is 0.917. The minimum absolute atomic E-state index is 0.0112. The van der Waals surface area contributed by atoms with Crippen LogP contribution in [0.3, 0.4) is 0 Å². The molecule has 8 heteroatoms. The van der Waals surface area contributed by atoms with Gasteiger partial charge in [0.15, 0.2) is 0 Å². The highest BCUT2D eigenvalue weighted by Crippen LogP contribution is 2.38. The molecule has 0 radical (unpaired) electrons. The van der Waals surface area contributed by atoms with Crippen molar-refractivity contribution in [2.45, 2.75) is 43.8 Å². The molecule has 0 spiro atoms. The Bertz CT molecular complexity index is 361. The topological polar surface area (TPSA) is 32.3 Å². The summed E-state index contributed by atoms with van der Waals surface area (Å²) in [5.41, 5.74) is 0. The molecular formula is C12H17F5N2O. The molecule has 0 bridgehead atoms. The van der Waals surface area contributed by atoms with Crippen LogP contribution in [0.2, 0.25) is 0 Å². The molecule has 2 aliphatic rings. The van der Waals surface area contributed by atoms with Gasteiger partial charge in [-0.3, -0.25) is 4.79 Å². The lowest BCUT2D eigenvalue weighted by atomic mass is 10.1. The van der Waals surface area contributed by atoms with Crippen LogP contribution in [0.15, 0.2) is 0 Å². The van der Waals surface area contributed by atoms with Gasteiger partial charge in [0, 0.05) is 19.1 Å². The van der Waals surface area contributed by atoms with Gasteiger partial charge in [-0.05, 0) is 38.1 Å². The van der Waals surface area contributed by atoms with Crippen LogP contribution in [-0.2, 0) is 4.79 Å². The number of amides is 1. The van der Waals surface area contributed by atoms with E-state index in [4.69, 9.17) is 0 Å². The number of nitrogens with zero attached hydrogens (tertiary/aromatic N) is 1. The van der Waals surface area contributed by atoms with Gasteiger partial charge in [0.05, 0.1) is 0 Å². The molecule has 1 atom stereocenters. The molecule has 20 heavy (non-hydrogen) atoms. The summed E-state index contributed by atoms with van der Waals surface area (Å²) in [5, 5.41) is 3.01. The summed E-state index contributed by atoms with van der Waals surface area (Å²) in [6.45, 7) is 0.607. The van der Waals surface area contributed by atoms with E-state index in [1.54, 1.807) is 0 Å². The van der Waals surface area contributed by atoms with Crippen LogP contribution in [0.4, 0.5) is 22.0 Å². The molecule has 3 nitrogen and oxygen atoms in total. The molecule has 1 heterocycles. The van der Waals surface area contributed by atoms with E-state index >= 15 is 0 Å². The lowest BCUT2D eigenvalue weighted by molar-refractivity contribution is -0.274. The third-order valence-corrected chi connectivity index (χ3v) is 3.69. The summed E-state index contributed by atoms with van der Waals surface area (Å²) in [4.78, 5) is 12.3. The Balaban J connectivity index is 2.06. The molecular weight excluding hydrogens is 283 g/mol. The van der Waals surface area contributed by atoms with Crippen molar-refractivity contribution in [3.05, 3.63) is 0 Å². The van der Waals surface area contributed by atoms with Crippen molar-refractivity contribution < 1.29 is 26.7 Å². The maximum atomic E-state index is 13.2. The Morgan fingerprint density at radius 2 is 1.75 bits per heavy atom. The van der Waals surface area contributed by atoms with Crippen LogP contribution in [0.1, 0.15) is 25.7 Å². The zero-order chi connectivity index (χ0) is 15.0. The Labute approximate surface area is 113 Å². The summed E-state index contributed by atoms with van der Waals surface area (Å²) < 4.78 is 63.3. The molecule has 1 N–H and O–H groups in total. The zero-order valence-electron chi connectivity index (χ0n) is 10.8. The Hall–Kier alpha value is -0.920. The molecule has 1 aliphatic heterocycles. The SMILES string of the molecule is O=C(N(CC1CC1)CC1CCCN1)C(F)(F)C(F)(F)F. The van der Waals surface area contributed by atoms with E-state index in [1.165, 1.54) is 0 Å². The van der Waals surface area contributed by atoms with Gasteiger partial charge in [-0.25, -0.2) is 0 Å². The largest absolute Gasteiger partial charge is 0.463 e. The summed E-state index contributed by atoms with van der Waals surface area (Å²) in [7, 11) is 0. The van der Waals surface area contributed by atoms with E-state index in [1.807, 2.05) is 0 Å². The predicted molar refractivity (Wildman–Crippen MR) is 61.3 cm³/mol. The van der Waals surface area contributed by atoms with Gasteiger partial charge in [0.1, 0.15) is 0 Å². The van der Waals surface area contributed by atoms with Crippen LogP contribution in [-0.4, -0.2) is 48.6 Å². The van der Waals surface area contributed by atoms with Crippen LogP contribution < -0.4 is 5.32 Å². The fourth-order valence-electron chi connectivity index (χ4n) is 2.35. The molecule has 1 unspecified atom stereocenters. The minimum atomic E-state index is -5.84. The zero-order valence-corrected chi connectivity index (χ0v) is 10.8. The number of hydrogen-bond donors (Lipinski definition) is 1. The average Bonchev–Trinajstić information content (AvgIpc) is 3.00. The van der Waals surface area contributed by atoms with Crippen molar-refractivity contribution >= 4 is 5.91 Å². The van der Waals surface area contributed by atoms with Crippen molar-refractivity contribution in [2.75, 3.05) is 19.6 Å². The highest BCUT2D eigenvalue weighted by molar-refractivity contribution is 5.84. The lowest BCUT2D eigenvalue weighted by Crippen LogP contribution is -2.54. The molecule has 0 aromatic rings. The van der Waals surface area contributed by atoms with E-state index < -0.39 is 18.0 Å². The Kier molecular flexibility index (Phi) is 4.22. The van der Waals surface area contributed by atoms with Gasteiger partial charge in [-0.15, -0.1) is 0 Å². The van der Waals surface area contributed by atoms with Gasteiger partial charge in [0.25, 0.3) is 0 Å². The number of carbonyl (C=O) groups excluding carboxylic acids is 1. The molecule has 2 fully saturated rings. The molecule has 1 saturated carbocycles. The summed E-state index contributed by atoms with van der Waals surface area (Å²) in [6, 6.07) is -0.193. The Morgan fingerprint density at radius 3 is 2.20 bits per heavy atom. The van der Waals surface area contributed by atoms with Crippen LogP contribution in [0.25, 0.3) is 0 Å². The molecule has 0 aromatic heterocycles. The predicted octanol–water partition coefficient (Wildman–Crippen LogP) is 2.17. The third-order valence-electron chi connectivity index (χ3n) is 3.69. The van der Waals surface area contributed by atoms with Crippen molar-refractivity contribution in [1.29, 1.82) is 0 Å². The normalized spacial score (nSPS) is 23.9. The van der Waals surface area contributed by atoms with Gasteiger partial charge >= 0.3 is 18.0 Å². The first-order chi connectivity index (χ1) is 9.22. The maximum absolute atomic E-state index is 13.2. The van der Waals surface area contributed by atoms with Gasteiger partial charge in [0.2, 0.25) is 0 Å². The van der Waals surface area contributed by atoms with E-state index in [2.05, 4.69) is 5.32 Å². The molecule has 2 rings (SSSR count). The number of alkyl halides is 5. The Morgan fingerprint density at radius 1 is 1.10 bits per heavy atom. The van der Waals surface area contributed by atoms with Crippen molar-refractivity contribution in [2.24, 2.45) is 5.92 Å². The highest BCUT2D eigenvalue weighted by atomic mass is 19.4. The smallest absolute Gasteiger partial charge is 0.335 e. The van der Waals surface area contributed by atoms with Crippen LogP contribution in [0, 0.1) is 5.92 Å². The number of halogens is 5. The van der Waals surface area contributed by atoms with E-state index in [0.717, 1.165) is 19.3 Å². The van der Waals surface area contributed by atoms with E-state index in [0.29, 0.717) is 17.9 Å². The van der Waals surface area contributed by atoms with Crippen LogP contribution in [0.5, 0.6) is 0 Å². The standard InChI is InChI=1S/C12H17F5N2O/c13-11(14,12(15,16)17)10(20)19(6-8-3-4-8)7-9-2-1-5-18-9/h8-9,18H,1-7H2. The molecule has 1 aliphatic carbocycles. The molecule has 1 saturated heterocycles. The second-order valence-electron chi connectivity index (χ2n) is 5.52. The maximum Gasteiger partial charge on any atom is 0.463 e. The second kappa shape index (κ2) is 5.46. The molecule has 116 valence electrons. The molecule has 0 aromatic carbocycles. The first kappa shape index (κ1) is 15.5. The molecule has 1 amide bonds. The van der Waals surface area contributed by atoms with Crippen LogP contribution >= 0.6 is 0 Å². The number of hydrogen-bond acceptors (Lipinski definition) is 2. The lowest BCUT2D eigenvalue weighted by Gasteiger charge is -2.30. The fourth-order valence-corrected chi connectivity index (χ4v) is 2.35. The van der Waals surface area contributed by atoms with Gasteiger partial charge in [-0.1, -0.05) is 0 Å². The monoisotopic (exact) mass is 300 g/mol. The van der Waals surface area contributed by atoms with Crippen molar-refractivity contribution in [3.8, 4) is 0 Å². The number of carbonyl (C=O) groups is 1. The first-order valence-corrected chi connectivity index (χ1v) is 6.69. The quantitative estimate of drug-likeness (QED) is 0.789. The van der Waals surface area contributed by atoms with Gasteiger partial charge in [-0.2, -0.15) is 22.0 Å². The summed E-state index contributed by atoms with van der Waals surface area (Å²) >= 11 is 0. The van der Waals surface area contributed by atoms with Crippen molar-refractivity contribution in [3.63, 3.8) is 0 Å². The van der Waals surface area contributed by atoms with E-state index in [-0.39, 0.29) is 25.0 Å². The van der Waals surface area contributed by atoms with Crippen molar-refractivity contribution in [1.82, 2.24) is 10.2 Å².